The number of hydrogen-bond acceptors (Lipinski definition) is 1. The summed E-state index contributed by atoms with van der Waals surface area (Å²) in [6.45, 7) is 0.842. The SMILES string of the molecule is CC(F)(F)c1cccnc1Br. The molecule has 1 nitrogen and oxygen atoms in total. The largest absolute Gasteiger partial charge is 0.273 e. The summed E-state index contributed by atoms with van der Waals surface area (Å²) in [5.74, 6) is -2.83. The molecule has 0 aliphatic heterocycles. The van der Waals surface area contributed by atoms with E-state index < -0.39 is 5.92 Å². The summed E-state index contributed by atoms with van der Waals surface area (Å²) in [7, 11) is 0. The Morgan fingerprint density at radius 1 is 1.55 bits per heavy atom. The quantitative estimate of drug-likeness (QED) is 0.665. The molecule has 0 unspecified atom stereocenters. The maximum Gasteiger partial charge on any atom is 0.273 e. The van der Waals surface area contributed by atoms with E-state index in [1.165, 1.54) is 18.3 Å². The zero-order valence-electron chi connectivity index (χ0n) is 5.81. The van der Waals surface area contributed by atoms with Gasteiger partial charge in [0.1, 0.15) is 4.60 Å². The van der Waals surface area contributed by atoms with E-state index >= 15 is 0 Å². The average molecular weight is 222 g/mol. The average Bonchev–Trinajstić information content (AvgIpc) is 1.86. The van der Waals surface area contributed by atoms with Crippen LogP contribution in [0.4, 0.5) is 8.78 Å². The second-order valence-corrected chi connectivity index (χ2v) is 2.98. The van der Waals surface area contributed by atoms with Crippen molar-refractivity contribution in [3.63, 3.8) is 0 Å². The van der Waals surface area contributed by atoms with Crippen LogP contribution < -0.4 is 0 Å². The van der Waals surface area contributed by atoms with Gasteiger partial charge in [-0.1, -0.05) is 0 Å². The Bertz CT molecular complexity index is 257. The van der Waals surface area contributed by atoms with E-state index in [0.29, 0.717) is 0 Å². The molecule has 0 aromatic carbocycles. The van der Waals surface area contributed by atoms with Crippen LogP contribution in [0, 0.1) is 0 Å². The Labute approximate surface area is 71.6 Å². The fourth-order valence-electron chi connectivity index (χ4n) is 0.713. The standard InChI is InChI=1S/C7H6BrF2N/c1-7(9,10)5-3-2-4-11-6(5)8/h2-4H,1H3. The monoisotopic (exact) mass is 221 g/mol. The van der Waals surface area contributed by atoms with Gasteiger partial charge in [-0.15, -0.1) is 0 Å². The summed E-state index contributed by atoms with van der Waals surface area (Å²) in [5, 5.41) is 0. The maximum absolute atomic E-state index is 12.6. The summed E-state index contributed by atoms with van der Waals surface area (Å²) < 4.78 is 25.5. The van der Waals surface area contributed by atoms with Gasteiger partial charge in [0, 0.05) is 13.1 Å². The minimum atomic E-state index is -2.83. The lowest BCUT2D eigenvalue weighted by molar-refractivity contribution is 0.0163. The van der Waals surface area contributed by atoms with Crippen molar-refractivity contribution in [1.29, 1.82) is 0 Å². The van der Waals surface area contributed by atoms with Gasteiger partial charge in [0.25, 0.3) is 5.92 Å². The first-order valence-corrected chi connectivity index (χ1v) is 3.80. The Kier molecular flexibility index (Phi) is 2.23. The number of pyridine rings is 1. The van der Waals surface area contributed by atoms with Crippen LogP contribution in [0.25, 0.3) is 0 Å². The highest BCUT2D eigenvalue weighted by molar-refractivity contribution is 9.10. The van der Waals surface area contributed by atoms with Crippen LogP contribution in [0.3, 0.4) is 0 Å². The third-order valence-corrected chi connectivity index (χ3v) is 1.86. The third-order valence-electron chi connectivity index (χ3n) is 1.23. The van der Waals surface area contributed by atoms with E-state index in [1.807, 2.05) is 0 Å². The van der Waals surface area contributed by atoms with Gasteiger partial charge in [-0.3, -0.25) is 0 Å². The number of hydrogen-bond donors (Lipinski definition) is 0. The normalized spacial score (nSPS) is 11.6. The smallest absolute Gasteiger partial charge is 0.249 e. The molecule has 0 atom stereocenters. The topological polar surface area (TPSA) is 12.9 Å². The molecule has 0 saturated heterocycles. The van der Waals surface area contributed by atoms with Gasteiger partial charge in [-0.25, -0.2) is 13.8 Å². The van der Waals surface area contributed by atoms with Crippen LogP contribution >= 0.6 is 15.9 Å². The van der Waals surface area contributed by atoms with Gasteiger partial charge >= 0.3 is 0 Å². The summed E-state index contributed by atoms with van der Waals surface area (Å²) in [6, 6.07) is 2.83. The zero-order valence-corrected chi connectivity index (χ0v) is 7.40. The Balaban J connectivity index is 3.14. The molecule has 4 heteroatoms. The molecule has 0 radical (unpaired) electrons. The molecular formula is C7H6BrF2N. The summed E-state index contributed by atoms with van der Waals surface area (Å²) in [5.41, 5.74) is -0.0833. The van der Waals surface area contributed by atoms with E-state index in [-0.39, 0.29) is 10.2 Å². The second kappa shape index (κ2) is 2.85. The molecule has 0 amide bonds. The van der Waals surface area contributed by atoms with E-state index in [0.717, 1.165) is 6.92 Å². The van der Waals surface area contributed by atoms with Crippen molar-refractivity contribution < 1.29 is 8.78 Å². The number of nitrogens with zero attached hydrogens (tertiary/aromatic N) is 1. The highest BCUT2D eigenvalue weighted by Crippen LogP contribution is 2.30. The minimum Gasteiger partial charge on any atom is -0.249 e. The van der Waals surface area contributed by atoms with E-state index in [9.17, 15) is 8.78 Å². The van der Waals surface area contributed by atoms with E-state index in [2.05, 4.69) is 20.9 Å². The maximum atomic E-state index is 12.6. The van der Waals surface area contributed by atoms with Crippen LogP contribution in [0.5, 0.6) is 0 Å². The van der Waals surface area contributed by atoms with Crippen molar-refractivity contribution in [2.45, 2.75) is 12.8 Å². The predicted octanol–water partition coefficient (Wildman–Crippen LogP) is 2.96. The summed E-state index contributed by atoms with van der Waals surface area (Å²) >= 11 is 2.94. The van der Waals surface area contributed by atoms with Crippen LogP contribution in [-0.4, -0.2) is 4.98 Å². The molecule has 0 bridgehead atoms. The highest BCUT2D eigenvalue weighted by atomic mass is 79.9. The van der Waals surface area contributed by atoms with Gasteiger partial charge in [0.15, 0.2) is 0 Å². The Hall–Kier alpha value is -0.510. The van der Waals surface area contributed by atoms with Crippen LogP contribution in [-0.2, 0) is 5.92 Å². The molecule has 1 heterocycles. The molecule has 0 aliphatic carbocycles. The van der Waals surface area contributed by atoms with Crippen molar-refractivity contribution in [2.75, 3.05) is 0 Å². The summed E-state index contributed by atoms with van der Waals surface area (Å²) in [4.78, 5) is 3.68. The van der Waals surface area contributed by atoms with Crippen LogP contribution in [0.1, 0.15) is 12.5 Å². The Morgan fingerprint density at radius 3 is 2.55 bits per heavy atom. The molecule has 0 N–H and O–H groups in total. The fourth-order valence-corrected chi connectivity index (χ4v) is 1.31. The molecular weight excluding hydrogens is 216 g/mol. The fraction of sp³-hybridized carbons (Fsp3) is 0.286. The van der Waals surface area contributed by atoms with Crippen molar-refractivity contribution in [3.8, 4) is 0 Å². The highest BCUT2D eigenvalue weighted by Gasteiger charge is 2.26. The first-order chi connectivity index (χ1) is 5.02. The first kappa shape index (κ1) is 8.59. The van der Waals surface area contributed by atoms with Gasteiger partial charge in [0.2, 0.25) is 0 Å². The molecule has 1 aromatic rings. The molecule has 1 rings (SSSR count). The second-order valence-electron chi connectivity index (χ2n) is 2.23. The molecule has 60 valence electrons. The first-order valence-electron chi connectivity index (χ1n) is 3.00. The zero-order chi connectivity index (χ0) is 8.48. The third kappa shape index (κ3) is 1.96. The van der Waals surface area contributed by atoms with Crippen molar-refractivity contribution >= 4 is 15.9 Å². The predicted molar refractivity (Wildman–Crippen MR) is 41.5 cm³/mol. The molecule has 11 heavy (non-hydrogen) atoms. The van der Waals surface area contributed by atoms with Gasteiger partial charge in [-0.2, -0.15) is 0 Å². The van der Waals surface area contributed by atoms with Crippen LogP contribution in [0.15, 0.2) is 22.9 Å². The lowest BCUT2D eigenvalue weighted by atomic mass is 10.2. The lowest BCUT2D eigenvalue weighted by Gasteiger charge is -2.10. The summed E-state index contributed by atoms with van der Waals surface area (Å²) in [6.07, 6.45) is 1.46. The molecule has 1 aromatic heterocycles. The van der Waals surface area contributed by atoms with Crippen molar-refractivity contribution in [2.24, 2.45) is 0 Å². The van der Waals surface area contributed by atoms with Crippen molar-refractivity contribution in [1.82, 2.24) is 4.98 Å². The van der Waals surface area contributed by atoms with Gasteiger partial charge in [-0.05, 0) is 28.1 Å². The van der Waals surface area contributed by atoms with Crippen LogP contribution in [0.2, 0.25) is 0 Å². The Morgan fingerprint density at radius 2 is 2.18 bits per heavy atom. The molecule has 0 spiro atoms. The van der Waals surface area contributed by atoms with E-state index in [1.54, 1.807) is 0 Å². The number of halogens is 3. The minimum absolute atomic E-state index is 0.0833. The molecule has 0 saturated carbocycles. The number of alkyl halides is 2. The van der Waals surface area contributed by atoms with Crippen molar-refractivity contribution in [3.05, 3.63) is 28.5 Å². The van der Waals surface area contributed by atoms with E-state index in [4.69, 9.17) is 0 Å². The molecule has 0 fully saturated rings. The molecule has 0 aliphatic rings. The van der Waals surface area contributed by atoms with Gasteiger partial charge in [0.05, 0.1) is 5.56 Å². The number of rotatable bonds is 1. The van der Waals surface area contributed by atoms with Gasteiger partial charge < -0.3 is 0 Å². The number of aromatic nitrogens is 1. The lowest BCUT2D eigenvalue weighted by Crippen LogP contribution is -2.08.